The van der Waals surface area contributed by atoms with Crippen LogP contribution in [0.5, 0.6) is 0 Å². The fourth-order valence-corrected chi connectivity index (χ4v) is 9.29. The number of hydrogen-bond donors (Lipinski definition) is 5. The number of aliphatic hydroxyl groups is 5. The molecule has 8 heteroatoms. The third-order valence-corrected chi connectivity index (χ3v) is 11.4. The van der Waals surface area contributed by atoms with Crippen molar-refractivity contribution in [3.8, 4) is 0 Å². The van der Waals surface area contributed by atoms with Crippen molar-refractivity contribution in [3.63, 3.8) is 0 Å². The van der Waals surface area contributed by atoms with Gasteiger partial charge in [-0.2, -0.15) is 0 Å². The van der Waals surface area contributed by atoms with E-state index in [-0.39, 0.29) is 37.4 Å². The molecule has 37 heavy (non-hydrogen) atoms. The molecule has 0 amide bonds. The number of fused-ring (bicyclic) bond motifs is 6. The maximum atomic E-state index is 13.5. The number of hydrogen-bond acceptors (Lipinski definition) is 8. The Kier molecular flexibility index (Phi) is 5.97. The van der Waals surface area contributed by atoms with Crippen LogP contribution in [0.3, 0.4) is 0 Å². The molecule has 5 aliphatic rings. The van der Waals surface area contributed by atoms with Crippen molar-refractivity contribution in [1.82, 2.24) is 0 Å². The van der Waals surface area contributed by atoms with Crippen molar-refractivity contribution in [2.45, 2.75) is 127 Å². The van der Waals surface area contributed by atoms with Crippen LogP contribution in [0.1, 0.15) is 92.4 Å². The van der Waals surface area contributed by atoms with Gasteiger partial charge in [0.1, 0.15) is 11.7 Å². The van der Waals surface area contributed by atoms with Gasteiger partial charge in [-0.15, -0.1) is 0 Å². The normalized spacial score (nSPS) is 47.7. The molecule has 0 aromatic heterocycles. The minimum atomic E-state index is -1.49. The second-order valence-electron chi connectivity index (χ2n) is 14.3. The van der Waals surface area contributed by atoms with Gasteiger partial charge in [0.05, 0.1) is 29.3 Å². The van der Waals surface area contributed by atoms with Gasteiger partial charge in [0, 0.05) is 11.3 Å². The summed E-state index contributed by atoms with van der Waals surface area (Å²) < 4.78 is 5.39. The van der Waals surface area contributed by atoms with Gasteiger partial charge >= 0.3 is 5.97 Å². The Morgan fingerprint density at radius 1 is 1.08 bits per heavy atom. The van der Waals surface area contributed by atoms with Gasteiger partial charge in [0.25, 0.3) is 0 Å². The Hall–Kier alpha value is -1.32. The summed E-state index contributed by atoms with van der Waals surface area (Å²) >= 11 is 0. The van der Waals surface area contributed by atoms with E-state index in [9.17, 15) is 35.1 Å². The molecule has 4 aliphatic carbocycles. The van der Waals surface area contributed by atoms with Gasteiger partial charge in [0.2, 0.25) is 0 Å². The van der Waals surface area contributed by atoms with Gasteiger partial charge in [-0.3, -0.25) is 9.59 Å². The molecule has 10 atom stereocenters. The summed E-state index contributed by atoms with van der Waals surface area (Å²) in [5.74, 6) is -1.48. The smallest absolute Gasteiger partial charge is 0.309 e. The maximum absolute atomic E-state index is 13.5. The minimum Gasteiger partial charge on any atom is -0.459 e. The number of ether oxygens (including phenoxy) is 1. The number of allylic oxidation sites excluding steroid dienone is 1. The van der Waals surface area contributed by atoms with Crippen LogP contribution in [0, 0.1) is 28.6 Å². The average Bonchev–Trinajstić information content (AvgIpc) is 3.21. The Bertz CT molecular complexity index is 1030. The summed E-state index contributed by atoms with van der Waals surface area (Å²) in [6, 6.07) is 0. The highest BCUT2D eigenvalue weighted by Gasteiger charge is 2.70. The van der Waals surface area contributed by atoms with Gasteiger partial charge < -0.3 is 30.3 Å². The first kappa shape index (κ1) is 27.3. The Morgan fingerprint density at radius 3 is 2.41 bits per heavy atom. The number of esters is 1. The topological polar surface area (TPSA) is 145 Å². The van der Waals surface area contributed by atoms with Gasteiger partial charge in [-0.1, -0.05) is 13.8 Å². The van der Waals surface area contributed by atoms with Crippen molar-refractivity contribution in [2.75, 3.05) is 0 Å². The first-order valence-electron chi connectivity index (χ1n) is 13.9. The highest BCUT2D eigenvalue weighted by molar-refractivity contribution is 5.95. The predicted molar refractivity (Wildman–Crippen MR) is 134 cm³/mol. The van der Waals surface area contributed by atoms with E-state index in [4.69, 9.17) is 4.74 Å². The van der Waals surface area contributed by atoms with Crippen LogP contribution in [0.15, 0.2) is 11.6 Å². The molecule has 1 heterocycles. The largest absolute Gasteiger partial charge is 0.459 e. The van der Waals surface area contributed by atoms with E-state index >= 15 is 0 Å². The van der Waals surface area contributed by atoms with Crippen LogP contribution in [0.25, 0.3) is 0 Å². The van der Waals surface area contributed by atoms with E-state index in [1.165, 1.54) is 0 Å². The summed E-state index contributed by atoms with van der Waals surface area (Å²) in [4.78, 5) is 25.6. The number of ketones is 1. The van der Waals surface area contributed by atoms with Crippen molar-refractivity contribution in [3.05, 3.63) is 11.6 Å². The molecule has 0 bridgehead atoms. The fraction of sp³-hybridized carbons (Fsp3) is 0.862. The van der Waals surface area contributed by atoms with Crippen molar-refractivity contribution >= 4 is 11.8 Å². The first-order valence-corrected chi connectivity index (χ1v) is 13.9. The highest BCUT2D eigenvalue weighted by atomic mass is 16.6. The lowest BCUT2D eigenvalue weighted by molar-refractivity contribution is -0.184. The zero-order valence-corrected chi connectivity index (χ0v) is 22.8. The molecule has 0 aromatic carbocycles. The van der Waals surface area contributed by atoms with Crippen molar-refractivity contribution in [2.24, 2.45) is 28.6 Å². The summed E-state index contributed by atoms with van der Waals surface area (Å²) in [7, 11) is 0. The van der Waals surface area contributed by atoms with E-state index < -0.39 is 63.2 Å². The molecule has 10 unspecified atom stereocenters. The monoisotopic (exact) mass is 520 g/mol. The second kappa shape index (κ2) is 8.10. The zero-order valence-electron chi connectivity index (χ0n) is 22.8. The Labute approximate surface area is 219 Å². The molecule has 0 spiro atoms. The molecule has 0 aromatic rings. The molecule has 208 valence electrons. The zero-order chi connectivity index (χ0) is 27.4. The lowest BCUT2D eigenvalue weighted by Gasteiger charge is -2.61. The molecule has 5 N–H and O–H groups in total. The summed E-state index contributed by atoms with van der Waals surface area (Å²) in [6.45, 7) is 8.94. The summed E-state index contributed by atoms with van der Waals surface area (Å²) in [6.07, 6.45) is 3.02. The van der Waals surface area contributed by atoms with Gasteiger partial charge in [-0.05, 0) is 101 Å². The lowest BCUT2D eigenvalue weighted by atomic mass is 9.44. The number of carbonyl (C=O) groups is 2. The number of aliphatic hydroxyl groups excluding tert-OH is 1. The van der Waals surface area contributed by atoms with Crippen LogP contribution in [-0.4, -0.2) is 71.9 Å². The highest BCUT2D eigenvalue weighted by Crippen LogP contribution is 2.69. The molecule has 1 aliphatic heterocycles. The first-order chi connectivity index (χ1) is 16.9. The lowest BCUT2D eigenvalue weighted by Crippen LogP contribution is -2.64. The average molecular weight is 521 g/mol. The number of rotatable bonds is 5. The van der Waals surface area contributed by atoms with Crippen LogP contribution < -0.4 is 0 Å². The van der Waals surface area contributed by atoms with E-state index in [0.717, 1.165) is 0 Å². The molecule has 8 nitrogen and oxygen atoms in total. The third kappa shape index (κ3) is 3.80. The van der Waals surface area contributed by atoms with Gasteiger partial charge in [-0.25, -0.2) is 0 Å². The molecular weight excluding hydrogens is 476 g/mol. The fourth-order valence-electron chi connectivity index (χ4n) is 9.29. The van der Waals surface area contributed by atoms with Crippen LogP contribution >= 0.6 is 0 Å². The second-order valence-corrected chi connectivity index (χ2v) is 14.3. The van der Waals surface area contributed by atoms with Crippen LogP contribution in [-0.2, 0) is 14.3 Å². The molecule has 3 saturated carbocycles. The van der Waals surface area contributed by atoms with E-state index in [0.29, 0.717) is 37.7 Å². The van der Waals surface area contributed by atoms with E-state index in [1.54, 1.807) is 26.8 Å². The van der Waals surface area contributed by atoms with Crippen molar-refractivity contribution < 1.29 is 39.9 Å². The SMILES string of the molecule is CC(C)(O)CCC(O)C(C)(O)C1CCC2(O)C3=CC(=O)C4CC5OC(=O)CC5(O)CC4(C)C3CCC12C. The number of carbonyl (C=O) groups excluding carboxylic acids is 2. The Balaban J connectivity index is 1.47. The molecule has 1 saturated heterocycles. The molecule has 5 rings (SSSR count). The van der Waals surface area contributed by atoms with Gasteiger partial charge in [0.15, 0.2) is 5.78 Å². The summed E-state index contributed by atoms with van der Waals surface area (Å²) in [5.41, 5.74) is -5.79. The Morgan fingerprint density at radius 2 is 1.76 bits per heavy atom. The van der Waals surface area contributed by atoms with Crippen molar-refractivity contribution in [1.29, 1.82) is 0 Å². The minimum absolute atomic E-state index is 0.0740. The van der Waals surface area contributed by atoms with Crippen LogP contribution in [0.2, 0.25) is 0 Å². The third-order valence-electron chi connectivity index (χ3n) is 11.4. The van der Waals surface area contributed by atoms with Crippen LogP contribution in [0.4, 0.5) is 0 Å². The molecule has 4 fully saturated rings. The maximum Gasteiger partial charge on any atom is 0.309 e. The standard InChI is InChI=1S/C29H44O8/c1-24(2,33)9-8-21(31)27(5,34)20-7-11-29(36)17-12-19(30)18-13-22-28(35,14-23(32)37-22)15-25(18,3)16(17)6-10-26(20,29)4/h12,16,18,20-22,31,33-36H,6-11,13-15H2,1-5H3. The summed E-state index contributed by atoms with van der Waals surface area (Å²) in [5, 5.41) is 56.5. The molecular formula is C29H44O8. The van der Waals surface area contributed by atoms with E-state index in [2.05, 4.69) is 0 Å². The van der Waals surface area contributed by atoms with E-state index in [1.807, 2.05) is 13.8 Å². The quantitative estimate of drug-likeness (QED) is 0.347. The molecule has 0 radical (unpaired) electrons. The predicted octanol–water partition coefficient (Wildman–Crippen LogP) is 2.18.